The van der Waals surface area contributed by atoms with Crippen LogP contribution in [0.5, 0.6) is 0 Å². The molecule has 0 aliphatic carbocycles. The van der Waals surface area contributed by atoms with Crippen molar-refractivity contribution in [2.45, 2.75) is 0 Å². The first-order valence-corrected chi connectivity index (χ1v) is 4.45. The van der Waals surface area contributed by atoms with Crippen LogP contribution in [0.3, 0.4) is 0 Å². The molecule has 0 spiro atoms. The molecule has 0 fully saturated rings. The number of hydrogen-bond acceptors (Lipinski definition) is 7. The van der Waals surface area contributed by atoms with Crippen LogP contribution in [-0.4, -0.2) is 86.4 Å². The Morgan fingerprint density at radius 3 is 0.923 bits per heavy atom. The molecule has 0 unspecified atom stereocenters. The van der Waals surface area contributed by atoms with Crippen molar-refractivity contribution in [3.8, 4) is 0 Å². The molecule has 0 aliphatic heterocycles. The molecule has 0 radical (unpaired) electrons. The first-order valence-electron chi connectivity index (χ1n) is 1.28. The molecule has 0 aliphatic rings. The standard InChI is InChI=1S/2Ca.H3O4P.2H2O.3O.V/c;;1-5(2,3)4;;;;;;/h;;(H3,1,2,3,4);2*1H2;;;;/q2*+2;;;;;;-1;/p-3. The Hall–Kier alpha value is 2.69. The van der Waals surface area contributed by atoms with Gasteiger partial charge in [0.1, 0.15) is 0 Å². The normalized spacial score (nSPS) is 6.46. The second-order valence-electron chi connectivity index (χ2n) is 0.671. The molecule has 0 saturated heterocycles. The Morgan fingerprint density at radius 2 is 0.923 bits per heavy atom. The van der Waals surface area contributed by atoms with Crippen molar-refractivity contribution in [1.82, 2.24) is 0 Å². The average molecular weight is 310 g/mol. The van der Waals surface area contributed by atoms with Gasteiger partial charge in [0.05, 0.1) is 0 Å². The summed E-state index contributed by atoms with van der Waals surface area (Å²) in [6.45, 7) is 0. The zero-order chi connectivity index (χ0) is 8.08. The van der Waals surface area contributed by atoms with Crippen molar-refractivity contribution < 1.29 is 57.0 Å². The molecule has 0 amide bonds. The van der Waals surface area contributed by atoms with Crippen molar-refractivity contribution >= 4 is 83.3 Å². The quantitative estimate of drug-likeness (QED) is 0.311. The van der Waals surface area contributed by atoms with Crippen molar-refractivity contribution in [3.63, 3.8) is 0 Å². The molecule has 0 heterocycles. The fourth-order valence-electron chi connectivity index (χ4n) is 0. The van der Waals surface area contributed by atoms with Crippen molar-refractivity contribution in [3.05, 3.63) is 0 Å². The third kappa shape index (κ3) is 326. The van der Waals surface area contributed by atoms with Crippen molar-refractivity contribution in [2.75, 3.05) is 0 Å². The summed E-state index contributed by atoms with van der Waals surface area (Å²) in [6, 6.07) is 0. The molecule has 0 atom stereocenters. The molecule has 0 bridgehead atoms. The predicted octanol–water partition coefficient (Wildman–Crippen LogP) is -6.66. The van der Waals surface area contributed by atoms with Gasteiger partial charge in [0.15, 0.2) is 0 Å². The minimum absolute atomic E-state index is 0. The van der Waals surface area contributed by atoms with Gasteiger partial charge in [0, 0.05) is 0 Å². The van der Waals surface area contributed by atoms with Gasteiger partial charge in [-0.1, -0.05) is 0 Å². The van der Waals surface area contributed by atoms with E-state index in [-0.39, 0.29) is 86.4 Å². The molecule has 0 aromatic carbocycles. The molecule has 13 heteroatoms. The zero-order valence-corrected chi connectivity index (χ0v) is 12.9. The molecular formula is H4Ca2O9PV. The molecule has 0 aromatic heterocycles. The average Bonchev–Trinajstić information content (AvgIpc) is 1.19. The van der Waals surface area contributed by atoms with E-state index in [1.54, 1.807) is 0 Å². The van der Waals surface area contributed by atoms with Crippen LogP contribution in [0.4, 0.5) is 0 Å². The molecular weight excluding hydrogens is 306 g/mol. The summed E-state index contributed by atoms with van der Waals surface area (Å²) in [6.07, 6.45) is 0. The zero-order valence-electron chi connectivity index (χ0n) is 6.17. The SMILES string of the molecule is O.O.O=P([O-])([O-])[O-].[Ca+2].[Ca+2].[O]=[V](=[O])[O-]. The van der Waals surface area contributed by atoms with Crippen molar-refractivity contribution in [1.29, 1.82) is 0 Å². The van der Waals surface area contributed by atoms with E-state index in [1.807, 2.05) is 0 Å². The van der Waals surface area contributed by atoms with Gasteiger partial charge in [-0.2, -0.15) is 7.82 Å². The van der Waals surface area contributed by atoms with Crippen LogP contribution < -0.4 is 18.7 Å². The van der Waals surface area contributed by atoms with Gasteiger partial charge >= 0.3 is 102 Å². The van der Waals surface area contributed by atoms with Gasteiger partial charge in [0.2, 0.25) is 0 Å². The monoisotopic (exact) mass is 310 g/mol. The van der Waals surface area contributed by atoms with Gasteiger partial charge in [-0.25, -0.2) is 0 Å². The Labute approximate surface area is 138 Å². The molecule has 13 heavy (non-hydrogen) atoms. The van der Waals surface area contributed by atoms with Gasteiger partial charge in [-0.3, -0.25) is 0 Å². The number of hydrogen-bond donors (Lipinski definition) is 0. The van der Waals surface area contributed by atoms with E-state index < -0.39 is 23.2 Å². The number of rotatable bonds is 0. The summed E-state index contributed by atoms with van der Waals surface area (Å²) in [7, 11) is -5.39. The molecule has 72 valence electrons. The summed E-state index contributed by atoms with van der Waals surface area (Å²) in [5.74, 6) is 0. The predicted molar refractivity (Wildman–Crippen MR) is 27.7 cm³/mol. The summed E-state index contributed by atoms with van der Waals surface area (Å²) < 4.78 is 34.2. The van der Waals surface area contributed by atoms with Crippen LogP contribution in [0.1, 0.15) is 0 Å². The maximum absolute atomic E-state index is 8.56. The third-order valence-electron chi connectivity index (χ3n) is 0. The topological polar surface area (TPSA) is 206 Å². The van der Waals surface area contributed by atoms with Crippen LogP contribution in [0.2, 0.25) is 0 Å². The fourth-order valence-corrected chi connectivity index (χ4v) is 0. The van der Waals surface area contributed by atoms with E-state index in [0.717, 1.165) is 0 Å². The van der Waals surface area contributed by atoms with E-state index >= 15 is 0 Å². The Bertz CT molecular complexity index is 152. The van der Waals surface area contributed by atoms with Crippen LogP contribution in [0.25, 0.3) is 0 Å². The van der Waals surface area contributed by atoms with Gasteiger partial charge in [-0.05, 0) is 0 Å². The molecule has 4 N–H and O–H groups in total. The maximum atomic E-state index is 8.56. The van der Waals surface area contributed by atoms with Crippen LogP contribution in [0.15, 0.2) is 0 Å². The molecule has 9 nitrogen and oxygen atoms in total. The summed E-state index contributed by atoms with van der Waals surface area (Å²) in [5.41, 5.74) is 0. The molecule has 0 rings (SSSR count). The van der Waals surface area contributed by atoms with Gasteiger partial charge in [0.25, 0.3) is 0 Å². The van der Waals surface area contributed by atoms with Crippen LogP contribution in [-0.2, 0) is 27.3 Å². The second kappa shape index (κ2) is 20.1. The first kappa shape index (κ1) is 36.1. The van der Waals surface area contributed by atoms with E-state index in [4.69, 9.17) is 30.6 Å². The van der Waals surface area contributed by atoms with E-state index in [0.29, 0.717) is 0 Å². The van der Waals surface area contributed by atoms with Crippen molar-refractivity contribution in [2.24, 2.45) is 0 Å². The van der Waals surface area contributed by atoms with Gasteiger partial charge in [-0.15, -0.1) is 0 Å². The van der Waals surface area contributed by atoms with E-state index in [9.17, 15) is 0 Å². The number of phosphoric acid groups is 1. The van der Waals surface area contributed by atoms with Crippen LogP contribution in [0, 0.1) is 0 Å². The fraction of sp³-hybridized carbons (Fsp3) is 0. The second-order valence-corrected chi connectivity index (χ2v) is 2.26. The first-order chi connectivity index (χ1) is 3.73. The minimum atomic E-state index is -5.39. The van der Waals surface area contributed by atoms with E-state index in [1.165, 1.54) is 0 Å². The molecule has 0 aromatic rings. The Kier molecular flexibility index (Phi) is 55.9. The third-order valence-corrected chi connectivity index (χ3v) is 0. The van der Waals surface area contributed by atoms with Crippen LogP contribution >= 0.6 is 7.82 Å². The Morgan fingerprint density at radius 1 is 0.923 bits per heavy atom. The Balaban J connectivity index is -0.0000000146. The summed E-state index contributed by atoms with van der Waals surface area (Å²) in [4.78, 5) is 25.6. The van der Waals surface area contributed by atoms with Gasteiger partial charge < -0.3 is 30.2 Å². The molecule has 0 saturated carbocycles. The van der Waals surface area contributed by atoms with E-state index in [2.05, 4.69) is 0 Å². The summed E-state index contributed by atoms with van der Waals surface area (Å²) in [5, 5.41) is 0. The summed E-state index contributed by atoms with van der Waals surface area (Å²) >= 11 is -3.94.